The fraction of sp³-hybridized carbons (Fsp3) is 0.333. The molecule has 0 aromatic heterocycles. The summed E-state index contributed by atoms with van der Waals surface area (Å²) in [5, 5.41) is 14.6. The average molecular weight is 296 g/mol. The van der Waals surface area contributed by atoms with Crippen LogP contribution in [0.1, 0.15) is 0 Å². The van der Waals surface area contributed by atoms with Gasteiger partial charge >= 0.3 is 0 Å². The molecular weight excluding hydrogens is 278 g/mol. The highest BCUT2D eigenvalue weighted by atomic mass is 35.5. The first kappa shape index (κ1) is 14.8. The molecule has 2 aromatic carbocycles. The molecule has 2 aromatic rings. The Hall–Kier alpha value is -1.65. The second-order valence-electron chi connectivity index (χ2n) is 4.39. The van der Waals surface area contributed by atoms with Crippen molar-refractivity contribution >= 4 is 28.1 Å². The molecule has 0 aliphatic carbocycles. The third-order valence-corrected chi connectivity index (χ3v) is 3.44. The Labute approximate surface area is 123 Å². The molecule has 4 nitrogen and oxygen atoms in total. The minimum absolute atomic E-state index is 0.181. The molecule has 0 radical (unpaired) electrons. The SMILES string of the molecule is COc1cc(NCC(O)CCl)c(OC)c2ccccc12. The van der Waals surface area contributed by atoms with Crippen molar-refractivity contribution in [3.63, 3.8) is 0 Å². The van der Waals surface area contributed by atoms with Crippen LogP contribution in [0.4, 0.5) is 5.69 Å². The molecule has 2 rings (SSSR count). The van der Waals surface area contributed by atoms with Crippen molar-refractivity contribution < 1.29 is 14.6 Å². The number of methoxy groups -OCH3 is 2. The maximum atomic E-state index is 9.56. The Kier molecular flexibility index (Phi) is 4.93. The Balaban J connectivity index is 2.47. The summed E-state index contributed by atoms with van der Waals surface area (Å²) in [4.78, 5) is 0. The van der Waals surface area contributed by atoms with Crippen LogP contribution in [0.15, 0.2) is 30.3 Å². The third-order valence-electron chi connectivity index (χ3n) is 3.09. The Bertz CT molecular complexity index is 589. The first-order valence-electron chi connectivity index (χ1n) is 6.32. The first-order valence-corrected chi connectivity index (χ1v) is 6.86. The highest BCUT2D eigenvalue weighted by molar-refractivity contribution is 6.18. The zero-order valence-corrected chi connectivity index (χ0v) is 12.3. The fourth-order valence-electron chi connectivity index (χ4n) is 2.12. The van der Waals surface area contributed by atoms with Crippen LogP contribution in [-0.4, -0.2) is 37.9 Å². The van der Waals surface area contributed by atoms with Crippen LogP contribution in [0.2, 0.25) is 0 Å². The van der Waals surface area contributed by atoms with Gasteiger partial charge in [0.2, 0.25) is 0 Å². The highest BCUT2D eigenvalue weighted by Crippen LogP contribution is 2.39. The first-order chi connectivity index (χ1) is 9.71. The molecule has 0 bridgehead atoms. The summed E-state index contributed by atoms with van der Waals surface area (Å²) in [5.74, 6) is 1.66. The van der Waals surface area contributed by atoms with Gasteiger partial charge in [-0.1, -0.05) is 24.3 Å². The van der Waals surface area contributed by atoms with E-state index in [2.05, 4.69) is 5.32 Å². The lowest BCUT2D eigenvalue weighted by Crippen LogP contribution is -2.21. The number of hydrogen-bond acceptors (Lipinski definition) is 4. The lowest BCUT2D eigenvalue weighted by molar-refractivity contribution is 0.211. The minimum atomic E-state index is -0.612. The molecular formula is C15H18ClNO3. The van der Waals surface area contributed by atoms with Crippen LogP contribution < -0.4 is 14.8 Å². The van der Waals surface area contributed by atoms with Crippen LogP contribution >= 0.6 is 11.6 Å². The number of rotatable bonds is 6. The van der Waals surface area contributed by atoms with Gasteiger partial charge in [0.25, 0.3) is 0 Å². The lowest BCUT2D eigenvalue weighted by Gasteiger charge is -2.17. The Morgan fingerprint density at radius 3 is 2.50 bits per heavy atom. The van der Waals surface area contributed by atoms with Crippen molar-refractivity contribution in [1.82, 2.24) is 0 Å². The fourth-order valence-corrected chi connectivity index (χ4v) is 2.23. The standard InChI is InChI=1S/C15H18ClNO3/c1-19-14-7-13(17-9-10(18)8-16)15(20-2)12-6-4-3-5-11(12)14/h3-7,10,17-18H,8-9H2,1-2H3. The average Bonchev–Trinajstić information content (AvgIpc) is 2.51. The van der Waals surface area contributed by atoms with E-state index in [1.165, 1.54) is 0 Å². The van der Waals surface area contributed by atoms with Gasteiger partial charge in [0, 0.05) is 23.4 Å². The van der Waals surface area contributed by atoms with Gasteiger partial charge in [-0.15, -0.1) is 11.6 Å². The van der Waals surface area contributed by atoms with Crippen LogP contribution in [0, 0.1) is 0 Å². The molecule has 0 spiro atoms. The van der Waals surface area contributed by atoms with Crippen molar-refractivity contribution in [3.05, 3.63) is 30.3 Å². The van der Waals surface area contributed by atoms with Gasteiger partial charge in [-0.3, -0.25) is 0 Å². The largest absolute Gasteiger partial charge is 0.496 e. The summed E-state index contributed by atoms with van der Waals surface area (Å²) in [5.41, 5.74) is 0.771. The van der Waals surface area contributed by atoms with Gasteiger partial charge in [0.1, 0.15) is 11.5 Å². The molecule has 0 amide bonds. The maximum absolute atomic E-state index is 9.56. The zero-order valence-electron chi connectivity index (χ0n) is 11.5. The number of aliphatic hydroxyl groups excluding tert-OH is 1. The molecule has 20 heavy (non-hydrogen) atoms. The molecule has 0 aliphatic heterocycles. The van der Waals surface area contributed by atoms with E-state index in [1.807, 2.05) is 30.3 Å². The number of hydrogen-bond donors (Lipinski definition) is 2. The smallest absolute Gasteiger partial charge is 0.150 e. The molecule has 0 saturated carbocycles. The molecule has 1 unspecified atom stereocenters. The number of anilines is 1. The quantitative estimate of drug-likeness (QED) is 0.805. The van der Waals surface area contributed by atoms with Crippen LogP contribution in [0.5, 0.6) is 11.5 Å². The summed E-state index contributed by atoms with van der Waals surface area (Å²) < 4.78 is 10.9. The number of nitrogens with one attached hydrogen (secondary N) is 1. The van der Waals surface area contributed by atoms with Gasteiger partial charge in [-0.2, -0.15) is 0 Å². The van der Waals surface area contributed by atoms with E-state index in [4.69, 9.17) is 21.1 Å². The summed E-state index contributed by atoms with van der Waals surface area (Å²) in [6.07, 6.45) is -0.612. The van der Waals surface area contributed by atoms with Crippen molar-refractivity contribution in [2.24, 2.45) is 0 Å². The molecule has 5 heteroatoms. The molecule has 0 heterocycles. The monoisotopic (exact) mass is 295 g/mol. The lowest BCUT2D eigenvalue weighted by atomic mass is 10.1. The summed E-state index contributed by atoms with van der Waals surface area (Å²) in [6.45, 7) is 0.349. The number of aliphatic hydroxyl groups is 1. The van der Waals surface area contributed by atoms with E-state index in [1.54, 1.807) is 14.2 Å². The van der Waals surface area contributed by atoms with Gasteiger partial charge in [-0.05, 0) is 0 Å². The van der Waals surface area contributed by atoms with Crippen LogP contribution in [0.3, 0.4) is 0 Å². The predicted molar refractivity (Wildman–Crippen MR) is 82.3 cm³/mol. The van der Waals surface area contributed by atoms with Crippen molar-refractivity contribution in [2.75, 3.05) is 32.0 Å². The predicted octanol–water partition coefficient (Wildman–Crippen LogP) is 2.87. The highest BCUT2D eigenvalue weighted by Gasteiger charge is 2.13. The summed E-state index contributed by atoms with van der Waals surface area (Å²) >= 11 is 5.60. The van der Waals surface area contributed by atoms with Crippen LogP contribution in [-0.2, 0) is 0 Å². The zero-order chi connectivity index (χ0) is 14.5. The summed E-state index contributed by atoms with van der Waals surface area (Å²) in [7, 11) is 3.25. The van der Waals surface area contributed by atoms with E-state index in [0.29, 0.717) is 6.54 Å². The third kappa shape index (κ3) is 2.92. The van der Waals surface area contributed by atoms with Gasteiger partial charge in [0.05, 0.1) is 31.9 Å². The summed E-state index contributed by atoms with van der Waals surface area (Å²) in [6, 6.07) is 9.71. The topological polar surface area (TPSA) is 50.7 Å². The molecule has 0 saturated heterocycles. The number of fused-ring (bicyclic) bond motifs is 1. The van der Waals surface area contributed by atoms with Crippen molar-refractivity contribution in [2.45, 2.75) is 6.10 Å². The van der Waals surface area contributed by atoms with E-state index in [0.717, 1.165) is 28.0 Å². The van der Waals surface area contributed by atoms with E-state index in [-0.39, 0.29) is 5.88 Å². The minimum Gasteiger partial charge on any atom is -0.496 e. The number of benzene rings is 2. The molecule has 108 valence electrons. The second kappa shape index (κ2) is 6.68. The van der Waals surface area contributed by atoms with Gasteiger partial charge in [0.15, 0.2) is 0 Å². The van der Waals surface area contributed by atoms with Gasteiger partial charge in [-0.25, -0.2) is 0 Å². The van der Waals surface area contributed by atoms with Crippen LogP contribution in [0.25, 0.3) is 10.8 Å². The maximum Gasteiger partial charge on any atom is 0.150 e. The normalized spacial score (nSPS) is 12.2. The number of ether oxygens (including phenoxy) is 2. The number of halogens is 1. The van der Waals surface area contributed by atoms with E-state index < -0.39 is 6.10 Å². The molecule has 1 atom stereocenters. The van der Waals surface area contributed by atoms with Crippen molar-refractivity contribution in [1.29, 1.82) is 0 Å². The molecule has 2 N–H and O–H groups in total. The van der Waals surface area contributed by atoms with Gasteiger partial charge < -0.3 is 19.9 Å². The van der Waals surface area contributed by atoms with E-state index >= 15 is 0 Å². The van der Waals surface area contributed by atoms with E-state index in [9.17, 15) is 5.11 Å². The Morgan fingerprint density at radius 2 is 1.90 bits per heavy atom. The Morgan fingerprint density at radius 1 is 1.20 bits per heavy atom. The molecule has 0 aliphatic rings. The van der Waals surface area contributed by atoms with Crippen molar-refractivity contribution in [3.8, 4) is 11.5 Å². The molecule has 0 fully saturated rings. The second-order valence-corrected chi connectivity index (χ2v) is 4.70. The number of alkyl halides is 1.